The summed E-state index contributed by atoms with van der Waals surface area (Å²) < 4.78 is 10.6. The Kier molecular flexibility index (Phi) is 10.5. The number of guanidine groups is 1. The van der Waals surface area contributed by atoms with Crippen molar-refractivity contribution in [2.45, 2.75) is 46.1 Å². The van der Waals surface area contributed by atoms with Gasteiger partial charge < -0.3 is 20.1 Å². The Bertz CT molecular complexity index is 729. The van der Waals surface area contributed by atoms with Crippen LogP contribution < -0.4 is 15.4 Å². The minimum atomic E-state index is 0.482. The molecule has 2 N–H and O–H groups in total. The van der Waals surface area contributed by atoms with E-state index in [0.717, 1.165) is 62.1 Å². The van der Waals surface area contributed by atoms with Crippen LogP contribution in [0.5, 0.6) is 5.75 Å². The van der Waals surface area contributed by atoms with Crippen molar-refractivity contribution in [3.8, 4) is 5.75 Å². The van der Waals surface area contributed by atoms with Gasteiger partial charge in [-0.15, -0.1) is 11.3 Å². The highest BCUT2D eigenvalue weighted by atomic mass is 32.1. The lowest BCUT2D eigenvalue weighted by molar-refractivity contribution is 0.145. The molecule has 0 aliphatic heterocycles. The van der Waals surface area contributed by atoms with Gasteiger partial charge in [0.25, 0.3) is 0 Å². The van der Waals surface area contributed by atoms with Crippen LogP contribution in [0.4, 0.5) is 0 Å². The molecule has 0 aliphatic rings. The molecule has 0 atom stereocenters. The average molecular weight is 419 g/mol. The molecule has 6 nitrogen and oxygen atoms in total. The number of aliphatic imine (C=N–C) groups is 1. The third-order valence-electron chi connectivity index (χ3n) is 4.28. The van der Waals surface area contributed by atoms with E-state index in [4.69, 9.17) is 19.5 Å². The van der Waals surface area contributed by atoms with Gasteiger partial charge in [-0.3, -0.25) is 0 Å². The minimum Gasteiger partial charge on any atom is -0.497 e. The number of methoxy groups -OCH3 is 1. The quantitative estimate of drug-likeness (QED) is 0.310. The summed E-state index contributed by atoms with van der Waals surface area (Å²) in [5, 5.41) is 10.2. The first-order valence-electron chi connectivity index (χ1n) is 10.3. The third kappa shape index (κ3) is 8.83. The fraction of sp³-hybridized carbons (Fsp3) is 0.545. The first-order valence-corrected chi connectivity index (χ1v) is 11.2. The van der Waals surface area contributed by atoms with E-state index in [1.807, 2.05) is 31.2 Å². The molecule has 1 heterocycles. The van der Waals surface area contributed by atoms with Gasteiger partial charge in [0.1, 0.15) is 5.75 Å². The van der Waals surface area contributed by atoms with Crippen molar-refractivity contribution in [3.05, 3.63) is 45.9 Å². The maximum absolute atomic E-state index is 5.41. The second kappa shape index (κ2) is 13.2. The fourth-order valence-corrected chi connectivity index (χ4v) is 3.48. The highest BCUT2D eigenvalue weighted by Gasteiger charge is 2.06. The molecule has 2 aromatic rings. The molecule has 29 heavy (non-hydrogen) atoms. The minimum absolute atomic E-state index is 0.482. The van der Waals surface area contributed by atoms with Crippen molar-refractivity contribution in [2.24, 2.45) is 4.99 Å². The summed E-state index contributed by atoms with van der Waals surface area (Å²) in [5.41, 5.74) is 2.28. The molecule has 0 saturated heterocycles. The van der Waals surface area contributed by atoms with E-state index in [1.54, 1.807) is 18.4 Å². The summed E-state index contributed by atoms with van der Waals surface area (Å²) in [6, 6.07) is 8.00. The smallest absolute Gasteiger partial charge is 0.191 e. The Morgan fingerprint density at radius 1 is 1.17 bits per heavy atom. The van der Waals surface area contributed by atoms with Crippen LogP contribution in [0.3, 0.4) is 0 Å². The fourth-order valence-electron chi connectivity index (χ4n) is 2.61. The summed E-state index contributed by atoms with van der Waals surface area (Å²) >= 11 is 1.74. The number of rotatable bonds is 12. The molecule has 1 aromatic carbocycles. The maximum Gasteiger partial charge on any atom is 0.191 e. The molecule has 0 saturated carbocycles. The zero-order valence-electron chi connectivity index (χ0n) is 18.0. The number of hydrogen-bond donors (Lipinski definition) is 2. The summed E-state index contributed by atoms with van der Waals surface area (Å²) in [5.74, 6) is 2.15. The standard InChI is InChI=1S/C22H34N4O2S/c1-5-28-14-6-12-23-22(25-15-18-7-9-20(27-4)10-8-18)24-13-11-19-16-29-21(26-19)17(2)3/h7-10,16-17H,5-6,11-15H2,1-4H3,(H2,23,24,25). The van der Waals surface area contributed by atoms with Gasteiger partial charge in [0, 0.05) is 44.0 Å². The second-order valence-electron chi connectivity index (χ2n) is 7.00. The molecule has 0 aliphatic carbocycles. The predicted octanol–water partition coefficient (Wildman–Crippen LogP) is 3.98. The van der Waals surface area contributed by atoms with Crippen LogP contribution in [0.1, 0.15) is 49.4 Å². The molecular weight excluding hydrogens is 384 g/mol. The van der Waals surface area contributed by atoms with Gasteiger partial charge >= 0.3 is 0 Å². The van der Waals surface area contributed by atoms with Crippen LogP contribution in [-0.2, 0) is 17.7 Å². The molecular formula is C22H34N4O2S. The molecule has 0 fully saturated rings. The lowest BCUT2D eigenvalue weighted by atomic mass is 10.2. The van der Waals surface area contributed by atoms with Crippen LogP contribution in [0, 0.1) is 0 Å². The van der Waals surface area contributed by atoms with Gasteiger partial charge in [0.15, 0.2) is 5.96 Å². The van der Waals surface area contributed by atoms with E-state index >= 15 is 0 Å². The summed E-state index contributed by atoms with van der Waals surface area (Å²) in [6.45, 7) is 10.1. The SMILES string of the molecule is CCOCCCNC(=NCc1ccc(OC)cc1)NCCc1csc(C(C)C)n1. The topological polar surface area (TPSA) is 67.8 Å². The Balaban J connectivity index is 1.87. The zero-order chi connectivity index (χ0) is 20.9. The van der Waals surface area contributed by atoms with Gasteiger partial charge in [0.05, 0.1) is 24.4 Å². The van der Waals surface area contributed by atoms with Crippen LogP contribution in [0.25, 0.3) is 0 Å². The van der Waals surface area contributed by atoms with Crippen molar-refractivity contribution in [1.82, 2.24) is 15.6 Å². The Morgan fingerprint density at radius 2 is 1.93 bits per heavy atom. The molecule has 7 heteroatoms. The van der Waals surface area contributed by atoms with Gasteiger partial charge in [-0.2, -0.15) is 0 Å². The van der Waals surface area contributed by atoms with E-state index in [9.17, 15) is 0 Å². The number of hydrogen-bond acceptors (Lipinski definition) is 5. The van der Waals surface area contributed by atoms with Gasteiger partial charge in [-0.05, 0) is 31.0 Å². The second-order valence-corrected chi connectivity index (χ2v) is 7.89. The highest BCUT2D eigenvalue weighted by molar-refractivity contribution is 7.09. The van der Waals surface area contributed by atoms with Gasteiger partial charge in [-0.25, -0.2) is 9.98 Å². The predicted molar refractivity (Wildman–Crippen MR) is 121 cm³/mol. The Hall–Kier alpha value is -2.12. The van der Waals surface area contributed by atoms with Crippen molar-refractivity contribution >= 4 is 17.3 Å². The number of aromatic nitrogens is 1. The van der Waals surface area contributed by atoms with Crippen LogP contribution in [0.15, 0.2) is 34.6 Å². The monoisotopic (exact) mass is 418 g/mol. The maximum atomic E-state index is 5.41. The van der Waals surface area contributed by atoms with E-state index in [-0.39, 0.29) is 0 Å². The molecule has 0 bridgehead atoms. The highest BCUT2D eigenvalue weighted by Crippen LogP contribution is 2.19. The lowest BCUT2D eigenvalue weighted by Gasteiger charge is -2.12. The van der Waals surface area contributed by atoms with Crippen molar-refractivity contribution in [2.75, 3.05) is 33.4 Å². The van der Waals surface area contributed by atoms with Crippen LogP contribution >= 0.6 is 11.3 Å². The van der Waals surface area contributed by atoms with Gasteiger partial charge in [0.2, 0.25) is 0 Å². The molecule has 1 aromatic heterocycles. The van der Waals surface area contributed by atoms with E-state index in [2.05, 4.69) is 29.9 Å². The zero-order valence-corrected chi connectivity index (χ0v) is 18.8. The third-order valence-corrected chi connectivity index (χ3v) is 5.47. The van der Waals surface area contributed by atoms with Crippen molar-refractivity contribution in [3.63, 3.8) is 0 Å². The molecule has 0 spiro atoms. The number of ether oxygens (including phenoxy) is 2. The van der Waals surface area contributed by atoms with Gasteiger partial charge in [-0.1, -0.05) is 26.0 Å². The van der Waals surface area contributed by atoms with E-state index in [0.29, 0.717) is 12.5 Å². The molecule has 0 amide bonds. The summed E-state index contributed by atoms with van der Waals surface area (Å²) in [6.07, 6.45) is 1.83. The number of nitrogens with one attached hydrogen (secondary N) is 2. The van der Waals surface area contributed by atoms with Crippen LogP contribution in [0.2, 0.25) is 0 Å². The lowest BCUT2D eigenvalue weighted by Crippen LogP contribution is -2.39. The normalized spacial score (nSPS) is 11.7. The largest absolute Gasteiger partial charge is 0.497 e. The first-order chi connectivity index (χ1) is 14.1. The summed E-state index contributed by atoms with van der Waals surface area (Å²) in [7, 11) is 1.67. The summed E-state index contributed by atoms with van der Waals surface area (Å²) in [4.78, 5) is 9.43. The number of nitrogens with zero attached hydrogens (tertiary/aromatic N) is 2. The number of benzene rings is 1. The molecule has 0 radical (unpaired) electrons. The molecule has 0 unspecified atom stereocenters. The Morgan fingerprint density at radius 3 is 2.59 bits per heavy atom. The van der Waals surface area contributed by atoms with Crippen molar-refractivity contribution < 1.29 is 9.47 Å². The van der Waals surface area contributed by atoms with E-state index in [1.165, 1.54) is 5.01 Å². The average Bonchev–Trinajstić information content (AvgIpc) is 3.21. The first kappa shape index (κ1) is 23.2. The molecule has 2 rings (SSSR count). The van der Waals surface area contributed by atoms with Crippen LogP contribution in [-0.4, -0.2) is 44.4 Å². The van der Waals surface area contributed by atoms with E-state index < -0.39 is 0 Å². The Labute approximate surface area is 178 Å². The molecule has 160 valence electrons. The number of thiazole rings is 1. The van der Waals surface area contributed by atoms with Crippen molar-refractivity contribution in [1.29, 1.82) is 0 Å².